The van der Waals surface area contributed by atoms with E-state index in [1.807, 2.05) is 13.8 Å². The summed E-state index contributed by atoms with van der Waals surface area (Å²) in [5.41, 5.74) is 6.03. The molecule has 2 N–H and O–H groups in total. The Hall–Kier alpha value is -0.310. The number of rotatable bonds is 1. The first-order valence-corrected chi connectivity index (χ1v) is 4.03. The highest BCUT2D eigenvalue weighted by Gasteiger charge is 2.17. The van der Waals surface area contributed by atoms with Gasteiger partial charge < -0.3 is 5.73 Å². The fourth-order valence-corrected chi connectivity index (χ4v) is 1.42. The zero-order valence-corrected chi connectivity index (χ0v) is 9.05. The fourth-order valence-electron chi connectivity index (χ4n) is 1.01. The Morgan fingerprint density at radius 1 is 1.38 bits per heavy atom. The van der Waals surface area contributed by atoms with Crippen LogP contribution in [-0.2, 0) is 5.54 Å². The van der Waals surface area contributed by atoms with E-state index >= 15 is 0 Å². The second kappa shape index (κ2) is 4.27. The van der Waals surface area contributed by atoms with E-state index in [-0.39, 0.29) is 18.2 Å². The van der Waals surface area contributed by atoms with Crippen LogP contribution in [0.5, 0.6) is 0 Å². The van der Waals surface area contributed by atoms with E-state index in [1.165, 1.54) is 12.1 Å². The molecule has 0 amide bonds. The van der Waals surface area contributed by atoms with Crippen molar-refractivity contribution in [2.45, 2.75) is 19.4 Å². The zero-order chi connectivity index (χ0) is 9.35. The number of benzene rings is 1. The lowest BCUT2D eigenvalue weighted by Gasteiger charge is -2.20. The van der Waals surface area contributed by atoms with Gasteiger partial charge in [0, 0.05) is 10.6 Å². The monoisotopic (exact) mass is 223 g/mol. The zero-order valence-electron chi connectivity index (χ0n) is 7.47. The minimum atomic E-state index is -0.523. The van der Waals surface area contributed by atoms with E-state index in [9.17, 15) is 4.39 Å². The first kappa shape index (κ1) is 12.7. The van der Waals surface area contributed by atoms with Gasteiger partial charge in [0.05, 0.1) is 0 Å². The Kier molecular flexibility index (Phi) is 4.17. The molecule has 0 fully saturated rings. The van der Waals surface area contributed by atoms with Crippen molar-refractivity contribution in [3.8, 4) is 0 Å². The quantitative estimate of drug-likeness (QED) is 0.779. The molecule has 1 aromatic carbocycles. The fraction of sp³-hybridized carbons (Fsp3) is 0.333. The van der Waals surface area contributed by atoms with E-state index in [1.54, 1.807) is 6.07 Å². The van der Waals surface area contributed by atoms with Crippen LogP contribution in [0.15, 0.2) is 18.2 Å². The third-order valence-electron chi connectivity index (χ3n) is 1.63. The minimum Gasteiger partial charge on any atom is -0.322 e. The second-order valence-electron chi connectivity index (χ2n) is 3.35. The molecule has 0 heterocycles. The van der Waals surface area contributed by atoms with Crippen LogP contribution in [0.3, 0.4) is 0 Å². The first-order chi connectivity index (χ1) is 5.41. The molecule has 0 bridgehead atoms. The summed E-state index contributed by atoms with van der Waals surface area (Å²) in [7, 11) is 0. The summed E-state index contributed by atoms with van der Waals surface area (Å²) in [6.45, 7) is 3.65. The average molecular weight is 224 g/mol. The highest BCUT2D eigenvalue weighted by atomic mass is 35.5. The molecule has 0 aliphatic rings. The van der Waals surface area contributed by atoms with Crippen molar-refractivity contribution in [3.05, 3.63) is 34.6 Å². The molecule has 74 valence electrons. The lowest BCUT2D eigenvalue weighted by Crippen LogP contribution is -2.28. The summed E-state index contributed by atoms with van der Waals surface area (Å²) in [5, 5.41) is 0.377. The van der Waals surface area contributed by atoms with Crippen LogP contribution in [0.2, 0.25) is 5.02 Å². The van der Waals surface area contributed by atoms with Gasteiger partial charge in [-0.3, -0.25) is 0 Å². The molecule has 0 saturated heterocycles. The molecular formula is C9H12Cl2FN. The van der Waals surface area contributed by atoms with E-state index < -0.39 is 5.54 Å². The Labute approximate surface area is 88.5 Å². The van der Waals surface area contributed by atoms with Crippen LogP contribution in [0.25, 0.3) is 0 Å². The van der Waals surface area contributed by atoms with Crippen LogP contribution in [0.1, 0.15) is 19.4 Å². The molecule has 1 aromatic rings. The smallest absolute Gasteiger partial charge is 0.124 e. The third-order valence-corrected chi connectivity index (χ3v) is 1.94. The van der Waals surface area contributed by atoms with E-state index in [4.69, 9.17) is 17.3 Å². The maximum Gasteiger partial charge on any atom is 0.124 e. The first-order valence-electron chi connectivity index (χ1n) is 3.65. The third kappa shape index (κ3) is 3.14. The minimum absolute atomic E-state index is 0. The molecule has 0 spiro atoms. The van der Waals surface area contributed by atoms with E-state index in [0.717, 1.165) is 5.56 Å². The molecule has 0 saturated carbocycles. The Morgan fingerprint density at radius 2 is 1.92 bits per heavy atom. The van der Waals surface area contributed by atoms with Gasteiger partial charge in [0.25, 0.3) is 0 Å². The van der Waals surface area contributed by atoms with Gasteiger partial charge in [0.2, 0.25) is 0 Å². The Balaban J connectivity index is 0.00000144. The van der Waals surface area contributed by atoms with Crippen molar-refractivity contribution in [2.75, 3.05) is 0 Å². The van der Waals surface area contributed by atoms with E-state index in [0.29, 0.717) is 5.02 Å². The maximum atomic E-state index is 12.6. The highest BCUT2D eigenvalue weighted by Crippen LogP contribution is 2.25. The Bertz CT molecular complexity index is 294. The molecule has 0 aromatic heterocycles. The van der Waals surface area contributed by atoms with Gasteiger partial charge in [-0.25, -0.2) is 4.39 Å². The lowest BCUT2D eigenvalue weighted by atomic mass is 9.96. The van der Waals surface area contributed by atoms with Gasteiger partial charge in [-0.15, -0.1) is 12.4 Å². The summed E-state index contributed by atoms with van der Waals surface area (Å²) in [6.07, 6.45) is 0. The predicted molar refractivity (Wildman–Crippen MR) is 55.9 cm³/mol. The van der Waals surface area contributed by atoms with Crippen LogP contribution < -0.4 is 5.73 Å². The predicted octanol–water partition coefficient (Wildman–Crippen LogP) is 3.09. The maximum absolute atomic E-state index is 12.6. The number of nitrogens with two attached hydrogens (primary N) is 1. The Morgan fingerprint density at radius 3 is 2.31 bits per heavy atom. The standard InChI is InChI=1S/C9H11ClFN.ClH/c1-9(2,12)7-4-3-6(11)5-8(7)10;/h3-5H,12H2,1-2H3;1H. The molecule has 0 atom stereocenters. The molecule has 0 unspecified atom stereocenters. The summed E-state index contributed by atoms with van der Waals surface area (Å²) in [6, 6.07) is 4.24. The highest BCUT2D eigenvalue weighted by molar-refractivity contribution is 6.31. The molecule has 0 aliphatic carbocycles. The molecular weight excluding hydrogens is 212 g/mol. The van der Waals surface area contributed by atoms with Gasteiger partial charge in [0.1, 0.15) is 5.82 Å². The van der Waals surface area contributed by atoms with Crippen LogP contribution >= 0.6 is 24.0 Å². The number of hydrogen-bond donors (Lipinski definition) is 1. The summed E-state index contributed by atoms with van der Waals surface area (Å²) < 4.78 is 12.6. The molecule has 1 rings (SSSR count). The second-order valence-corrected chi connectivity index (χ2v) is 3.75. The summed E-state index contributed by atoms with van der Waals surface area (Å²) in [4.78, 5) is 0. The topological polar surface area (TPSA) is 26.0 Å². The normalized spacial score (nSPS) is 10.8. The van der Waals surface area contributed by atoms with Crippen molar-refractivity contribution in [1.29, 1.82) is 0 Å². The van der Waals surface area contributed by atoms with Gasteiger partial charge in [-0.1, -0.05) is 17.7 Å². The largest absolute Gasteiger partial charge is 0.322 e. The lowest BCUT2D eigenvalue weighted by molar-refractivity contribution is 0.551. The van der Waals surface area contributed by atoms with Crippen LogP contribution in [-0.4, -0.2) is 0 Å². The van der Waals surface area contributed by atoms with E-state index in [2.05, 4.69) is 0 Å². The van der Waals surface area contributed by atoms with Crippen LogP contribution in [0.4, 0.5) is 4.39 Å². The van der Waals surface area contributed by atoms with Gasteiger partial charge in [-0.05, 0) is 31.5 Å². The van der Waals surface area contributed by atoms with Crippen molar-refractivity contribution in [3.63, 3.8) is 0 Å². The van der Waals surface area contributed by atoms with Gasteiger partial charge in [-0.2, -0.15) is 0 Å². The van der Waals surface area contributed by atoms with Gasteiger partial charge in [0.15, 0.2) is 0 Å². The van der Waals surface area contributed by atoms with Gasteiger partial charge >= 0.3 is 0 Å². The molecule has 13 heavy (non-hydrogen) atoms. The van der Waals surface area contributed by atoms with Crippen molar-refractivity contribution >= 4 is 24.0 Å². The summed E-state index contributed by atoms with van der Waals surface area (Å²) in [5.74, 6) is -0.340. The van der Waals surface area contributed by atoms with Crippen molar-refractivity contribution in [1.82, 2.24) is 0 Å². The summed E-state index contributed by atoms with van der Waals surface area (Å²) >= 11 is 5.79. The van der Waals surface area contributed by atoms with Crippen LogP contribution in [0, 0.1) is 5.82 Å². The molecule has 0 aliphatic heterocycles. The average Bonchev–Trinajstić information content (AvgIpc) is 1.83. The molecule has 0 radical (unpaired) electrons. The molecule has 1 nitrogen and oxygen atoms in total. The number of hydrogen-bond acceptors (Lipinski definition) is 1. The SMILES string of the molecule is CC(C)(N)c1ccc(F)cc1Cl.Cl. The van der Waals surface area contributed by atoms with Crippen molar-refractivity contribution in [2.24, 2.45) is 5.73 Å². The van der Waals surface area contributed by atoms with Crippen molar-refractivity contribution < 1.29 is 4.39 Å². The number of halogens is 3. The molecule has 4 heteroatoms.